The van der Waals surface area contributed by atoms with Crippen molar-refractivity contribution in [2.75, 3.05) is 20.0 Å². The number of aromatic nitrogens is 3. The zero-order chi connectivity index (χ0) is 23.4. The molecule has 2 unspecified atom stereocenters. The molecule has 0 radical (unpaired) electrons. The van der Waals surface area contributed by atoms with Crippen molar-refractivity contribution in [3.05, 3.63) is 54.0 Å². The zero-order valence-corrected chi connectivity index (χ0v) is 19.1. The van der Waals surface area contributed by atoms with Crippen LogP contribution in [0, 0.1) is 0 Å². The van der Waals surface area contributed by atoms with Gasteiger partial charge in [0.25, 0.3) is 5.91 Å². The van der Waals surface area contributed by atoms with Gasteiger partial charge < -0.3 is 25.3 Å². The van der Waals surface area contributed by atoms with Crippen LogP contribution in [0.15, 0.2) is 42.9 Å². The average molecular weight is 452 g/mol. The number of nitrogens with zero attached hydrogens (tertiary/aromatic N) is 3. The number of hydrogen-bond acceptors (Lipinski definition) is 7. The monoisotopic (exact) mass is 451 g/mol. The van der Waals surface area contributed by atoms with Crippen LogP contribution < -0.4 is 20.5 Å². The number of aryl methyl sites for hydroxylation is 1. The number of hydrogen-bond donors (Lipinski definition) is 2. The van der Waals surface area contributed by atoms with E-state index < -0.39 is 0 Å². The fourth-order valence-corrected chi connectivity index (χ4v) is 4.08. The van der Waals surface area contributed by atoms with Gasteiger partial charge in [0.15, 0.2) is 0 Å². The number of anilines is 1. The maximum atomic E-state index is 13.1. The number of methoxy groups -OCH3 is 2. The number of pyridine rings is 1. The summed E-state index contributed by atoms with van der Waals surface area (Å²) < 4.78 is 18.5. The summed E-state index contributed by atoms with van der Waals surface area (Å²) in [6.45, 7) is 0.394. The lowest BCUT2D eigenvalue weighted by molar-refractivity contribution is 0.0271. The first-order chi connectivity index (χ1) is 16.0. The third-order valence-electron chi connectivity index (χ3n) is 5.85. The first kappa shape index (κ1) is 22.6. The molecular formula is C24H29N5O4. The van der Waals surface area contributed by atoms with E-state index in [4.69, 9.17) is 19.9 Å². The topological polar surface area (TPSA) is 114 Å². The van der Waals surface area contributed by atoms with Crippen molar-refractivity contribution < 1.29 is 19.0 Å². The van der Waals surface area contributed by atoms with E-state index in [1.54, 1.807) is 37.4 Å². The van der Waals surface area contributed by atoms with E-state index in [1.807, 2.05) is 31.4 Å². The van der Waals surface area contributed by atoms with Crippen molar-refractivity contribution in [3.63, 3.8) is 0 Å². The van der Waals surface area contributed by atoms with Crippen LogP contribution in [-0.2, 0) is 18.4 Å². The van der Waals surface area contributed by atoms with Gasteiger partial charge in [0.2, 0.25) is 0 Å². The average Bonchev–Trinajstić information content (AvgIpc) is 3.46. The highest BCUT2D eigenvalue weighted by atomic mass is 16.5. The number of carbonyl (C=O) groups excluding carboxylic acids is 1. The molecule has 9 heteroatoms. The molecule has 3 aromatic rings. The van der Waals surface area contributed by atoms with E-state index >= 15 is 0 Å². The normalized spacial score (nSPS) is 17.7. The number of benzene rings is 1. The fourth-order valence-electron chi connectivity index (χ4n) is 4.08. The number of carbonyl (C=O) groups is 1. The largest absolute Gasteiger partial charge is 0.497 e. The number of nitrogen functional groups attached to an aromatic ring is 1. The van der Waals surface area contributed by atoms with E-state index in [9.17, 15) is 4.79 Å². The van der Waals surface area contributed by atoms with Crippen molar-refractivity contribution in [1.29, 1.82) is 0 Å². The Labute approximate surface area is 192 Å². The molecule has 1 amide bonds. The van der Waals surface area contributed by atoms with Gasteiger partial charge in [-0.1, -0.05) is 0 Å². The van der Waals surface area contributed by atoms with E-state index in [1.165, 1.54) is 0 Å². The Morgan fingerprint density at radius 2 is 1.88 bits per heavy atom. The lowest BCUT2D eigenvalue weighted by Crippen LogP contribution is -2.41. The minimum absolute atomic E-state index is 0.0955. The highest BCUT2D eigenvalue weighted by Gasteiger charge is 2.30. The van der Waals surface area contributed by atoms with Gasteiger partial charge in [-0.2, -0.15) is 5.10 Å². The summed E-state index contributed by atoms with van der Waals surface area (Å²) in [5.41, 5.74) is 8.97. The molecule has 0 bridgehead atoms. The molecule has 1 fully saturated rings. The molecule has 1 saturated carbocycles. The van der Waals surface area contributed by atoms with E-state index in [0.29, 0.717) is 23.7 Å². The summed E-state index contributed by atoms with van der Waals surface area (Å²) in [6, 6.07) is 7.30. The second kappa shape index (κ2) is 9.91. The second-order valence-electron chi connectivity index (χ2n) is 8.14. The molecule has 0 saturated heterocycles. The molecule has 1 aliphatic carbocycles. The van der Waals surface area contributed by atoms with Gasteiger partial charge >= 0.3 is 0 Å². The van der Waals surface area contributed by atoms with Gasteiger partial charge in [-0.25, -0.2) is 4.98 Å². The summed E-state index contributed by atoms with van der Waals surface area (Å²) >= 11 is 0. The summed E-state index contributed by atoms with van der Waals surface area (Å²) in [7, 11) is 5.07. The van der Waals surface area contributed by atoms with Gasteiger partial charge in [-0.3, -0.25) is 9.48 Å². The van der Waals surface area contributed by atoms with Crippen molar-refractivity contribution in [1.82, 2.24) is 20.1 Å². The molecule has 174 valence electrons. The van der Waals surface area contributed by atoms with Crippen LogP contribution >= 0.6 is 0 Å². The van der Waals surface area contributed by atoms with E-state index in [0.717, 1.165) is 36.0 Å². The SMILES string of the molecule is COc1cc(COC2CCCC2NC(=O)c2cc(-c3cnn(C)c3)cnc2N)cc(OC)c1. The predicted molar refractivity (Wildman–Crippen MR) is 124 cm³/mol. The molecule has 2 heterocycles. The number of ether oxygens (including phenoxy) is 3. The Bertz CT molecular complexity index is 1110. The molecule has 1 aromatic carbocycles. The molecule has 9 nitrogen and oxygen atoms in total. The smallest absolute Gasteiger partial charge is 0.255 e. The highest BCUT2D eigenvalue weighted by Crippen LogP contribution is 2.27. The third-order valence-corrected chi connectivity index (χ3v) is 5.85. The molecule has 1 aliphatic rings. The lowest BCUT2D eigenvalue weighted by atomic mass is 10.1. The maximum absolute atomic E-state index is 13.1. The molecule has 2 atom stereocenters. The summed E-state index contributed by atoms with van der Waals surface area (Å²) in [6.07, 6.45) is 7.82. The Morgan fingerprint density at radius 3 is 2.55 bits per heavy atom. The van der Waals surface area contributed by atoms with Crippen molar-refractivity contribution >= 4 is 11.7 Å². The van der Waals surface area contributed by atoms with Crippen LogP contribution in [0.4, 0.5) is 5.82 Å². The number of nitrogens with one attached hydrogen (secondary N) is 1. The molecule has 2 aromatic heterocycles. The van der Waals surface area contributed by atoms with E-state index in [-0.39, 0.29) is 23.9 Å². The van der Waals surface area contributed by atoms with Crippen LogP contribution in [0.25, 0.3) is 11.1 Å². The number of rotatable bonds is 8. The minimum atomic E-state index is -0.255. The number of nitrogens with two attached hydrogens (primary N) is 1. The Morgan fingerprint density at radius 1 is 1.12 bits per heavy atom. The number of amides is 1. The van der Waals surface area contributed by atoms with Crippen LogP contribution in [0.3, 0.4) is 0 Å². The third kappa shape index (κ3) is 5.25. The second-order valence-corrected chi connectivity index (χ2v) is 8.14. The molecule has 4 rings (SSSR count). The predicted octanol–water partition coefficient (Wildman–Crippen LogP) is 2.95. The van der Waals surface area contributed by atoms with Gasteiger partial charge in [0.1, 0.15) is 17.3 Å². The van der Waals surface area contributed by atoms with Crippen LogP contribution in [0.2, 0.25) is 0 Å². The molecule has 0 aliphatic heterocycles. The summed E-state index contributed by atoms with van der Waals surface area (Å²) in [5.74, 6) is 1.36. The summed E-state index contributed by atoms with van der Waals surface area (Å²) in [5, 5.41) is 7.27. The zero-order valence-electron chi connectivity index (χ0n) is 19.1. The fraction of sp³-hybridized carbons (Fsp3) is 0.375. The van der Waals surface area contributed by atoms with Crippen molar-refractivity contribution in [2.45, 2.75) is 38.0 Å². The van der Waals surface area contributed by atoms with Crippen LogP contribution in [0.5, 0.6) is 11.5 Å². The van der Waals surface area contributed by atoms with Gasteiger partial charge in [0, 0.05) is 36.6 Å². The van der Waals surface area contributed by atoms with Crippen molar-refractivity contribution in [3.8, 4) is 22.6 Å². The Hall–Kier alpha value is -3.59. The van der Waals surface area contributed by atoms with Gasteiger partial charge in [-0.05, 0) is 43.0 Å². The minimum Gasteiger partial charge on any atom is -0.497 e. The van der Waals surface area contributed by atoms with Gasteiger partial charge in [-0.15, -0.1) is 0 Å². The van der Waals surface area contributed by atoms with Gasteiger partial charge in [0.05, 0.1) is 44.7 Å². The van der Waals surface area contributed by atoms with Crippen LogP contribution in [0.1, 0.15) is 35.2 Å². The Kier molecular flexibility index (Phi) is 6.79. The first-order valence-corrected chi connectivity index (χ1v) is 10.9. The van der Waals surface area contributed by atoms with Crippen LogP contribution in [-0.4, -0.2) is 47.0 Å². The quantitative estimate of drug-likeness (QED) is 0.541. The Balaban J connectivity index is 1.43. The molecule has 3 N–H and O–H groups in total. The maximum Gasteiger partial charge on any atom is 0.255 e. The highest BCUT2D eigenvalue weighted by molar-refractivity contribution is 5.99. The molecule has 33 heavy (non-hydrogen) atoms. The van der Waals surface area contributed by atoms with Crippen molar-refractivity contribution in [2.24, 2.45) is 7.05 Å². The molecular weight excluding hydrogens is 422 g/mol. The lowest BCUT2D eigenvalue weighted by Gasteiger charge is -2.22. The van der Waals surface area contributed by atoms with E-state index in [2.05, 4.69) is 15.4 Å². The first-order valence-electron chi connectivity index (χ1n) is 10.9. The standard InChI is InChI=1S/C24H29N5O4/c1-29-13-17(12-27-29)16-9-20(23(25)26-11-16)24(30)28-21-5-4-6-22(21)33-14-15-7-18(31-2)10-19(8-15)32-3/h7-13,21-22H,4-6,14H2,1-3H3,(H2,25,26)(H,28,30). The molecule has 0 spiro atoms. The summed E-state index contributed by atoms with van der Waals surface area (Å²) in [4.78, 5) is 17.3.